The van der Waals surface area contributed by atoms with Gasteiger partial charge in [-0.1, -0.05) is 6.08 Å². The monoisotopic (exact) mass is 301 g/mol. The summed E-state index contributed by atoms with van der Waals surface area (Å²) in [5.74, 6) is -0.100. The molecule has 0 radical (unpaired) electrons. The maximum atomic E-state index is 12.3. The summed E-state index contributed by atoms with van der Waals surface area (Å²) in [7, 11) is 1.82. The van der Waals surface area contributed by atoms with Gasteiger partial charge in [0, 0.05) is 37.0 Å². The molecule has 2 rings (SSSR count). The molecule has 1 saturated heterocycles. The predicted octanol–water partition coefficient (Wildman–Crippen LogP) is 2.03. The molecule has 118 valence electrons. The number of hydrogen-bond acceptors (Lipinski definition) is 3. The van der Waals surface area contributed by atoms with Gasteiger partial charge in [-0.05, 0) is 50.6 Å². The lowest BCUT2D eigenvalue weighted by atomic mass is 10.1. The van der Waals surface area contributed by atoms with Gasteiger partial charge in [0.1, 0.15) is 0 Å². The van der Waals surface area contributed by atoms with Crippen molar-refractivity contribution in [3.05, 3.63) is 42.0 Å². The minimum absolute atomic E-state index is 0.0755. The highest BCUT2D eigenvalue weighted by Crippen LogP contribution is 2.15. The molecule has 1 aliphatic rings. The molecule has 0 saturated carbocycles. The summed E-state index contributed by atoms with van der Waals surface area (Å²) in [4.78, 5) is 25.9. The van der Waals surface area contributed by atoms with Gasteiger partial charge in [-0.2, -0.15) is 0 Å². The van der Waals surface area contributed by atoms with Gasteiger partial charge in [0.2, 0.25) is 5.91 Å². The molecule has 1 aromatic rings. The smallest absolute Gasteiger partial charge is 0.253 e. The Labute approximate surface area is 131 Å². The van der Waals surface area contributed by atoms with Crippen LogP contribution in [0.25, 0.3) is 0 Å². The van der Waals surface area contributed by atoms with Crippen LogP contribution in [-0.2, 0) is 4.79 Å². The third kappa shape index (κ3) is 4.70. The first-order valence-corrected chi connectivity index (χ1v) is 7.72. The minimum atomic E-state index is -0.176. The Morgan fingerprint density at radius 1 is 1.14 bits per heavy atom. The van der Waals surface area contributed by atoms with E-state index in [-0.39, 0.29) is 11.8 Å². The molecule has 2 N–H and O–H groups in total. The van der Waals surface area contributed by atoms with E-state index in [1.54, 1.807) is 30.3 Å². The Kier molecular flexibility index (Phi) is 6.15. The summed E-state index contributed by atoms with van der Waals surface area (Å²) in [6.07, 6.45) is 6.61. The van der Waals surface area contributed by atoms with Gasteiger partial charge in [-0.15, -0.1) is 0 Å². The van der Waals surface area contributed by atoms with Gasteiger partial charge in [0.25, 0.3) is 5.91 Å². The van der Waals surface area contributed by atoms with E-state index < -0.39 is 0 Å². The number of carbonyl (C=O) groups is 2. The van der Waals surface area contributed by atoms with E-state index >= 15 is 0 Å². The second-order valence-electron chi connectivity index (χ2n) is 5.38. The van der Waals surface area contributed by atoms with E-state index in [1.807, 2.05) is 11.9 Å². The summed E-state index contributed by atoms with van der Waals surface area (Å²) in [5, 5.41) is 5.70. The zero-order valence-corrected chi connectivity index (χ0v) is 13.0. The number of carbonyl (C=O) groups excluding carboxylic acids is 2. The number of likely N-dealkylation sites (N-methyl/N-ethyl adjacent to an activating group) is 1. The van der Waals surface area contributed by atoms with Crippen LogP contribution in [0.15, 0.2) is 36.4 Å². The second-order valence-corrected chi connectivity index (χ2v) is 5.38. The molecule has 0 bridgehead atoms. The van der Waals surface area contributed by atoms with Gasteiger partial charge in [-0.3, -0.25) is 9.59 Å². The highest BCUT2D eigenvalue weighted by Gasteiger charge is 2.17. The Hall–Kier alpha value is -2.14. The molecule has 0 spiro atoms. The number of nitrogens with one attached hydrogen (secondary N) is 2. The number of benzene rings is 1. The van der Waals surface area contributed by atoms with E-state index in [9.17, 15) is 9.59 Å². The van der Waals surface area contributed by atoms with Crippen LogP contribution in [0.5, 0.6) is 0 Å². The van der Waals surface area contributed by atoms with Crippen molar-refractivity contribution < 1.29 is 9.59 Å². The van der Waals surface area contributed by atoms with Crippen molar-refractivity contribution in [1.82, 2.24) is 10.2 Å². The molecular formula is C17H23N3O2. The molecular weight excluding hydrogens is 278 g/mol. The zero-order chi connectivity index (χ0) is 15.8. The van der Waals surface area contributed by atoms with Crippen molar-refractivity contribution in [2.24, 2.45) is 0 Å². The van der Waals surface area contributed by atoms with Crippen molar-refractivity contribution in [2.45, 2.75) is 19.3 Å². The highest BCUT2D eigenvalue weighted by atomic mass is 16.2. The number of amides is 2. The second kappa shape index (κ2) is 8.34. The average molecular weight is 301 g/mol. The molecule has 0 atom stereocenters. The van der Waals surface area contributed by atoms with Crippen molar-refractivity contribution in [3.63, 3.8) is 0 Å². The first-order chi connectivity index (χ1) is 10.7. The Bertz CT molecular complexity index is 531. The van der Waals surface area contributed by atoms with Gasteiger partial charge in [-0.25, -0.2) is 0 Å². The van der Waals surface area contributed by atoms with Crippen LogP contribution in [0, 0.1) is 0 Å². The van der Waals surface area contributed by atoms with E-state index in [4.69, 9.17) is 0 Å². The number of anilines is 1. The summed E-state index contributed by atoms with van der Waals surface area (Å²) < 4.78 is 0. The number of likely N-dealkylation sites (tertiary alicyclic amines) is 1. The van der Waals surface area contributed by atoms with Crippen LogP contribution >= 0.6 is 0 Å². The molecule has 1 fully saturated rings. The molecule has 22 heavy (non-hydrogen) atoms. The maximum Gasteiger partial charge on any atom is 0.253 e. The molecule has 0 aliphatic carbocycles. The lowest BCUT2D eigenvalue weighted by molar-refractivity contribution is -0.111. The van der Waals surface area contributed by atoms with Crippen LogP contribution < -0.4 is 10.6 Å². The van der Waals surface area contributed by atoms with Gasteiger partial charge < -0.3 is 15.5 Å². The Balaban J connectivity index is 1.92. The van der Waals surface area contributed by atoms with Crippen molar-refractivity contribution in [1.29, 1.82) is 0 Å². The Morgan fingerprint density at radius 3 is 2.45 bits per heavy atom. The molecule has 5 nitrogen and oxygen atoms in total. The zero-order valence-electron chi connectivity index (χ0n) is 13.0. The fourth-order valence-corrected chi connectivity index (χ4v) is 2.44. The van der Waals surface area contributed by atoms with Crippen LogP contribution in [0.1, 0.15) is 29.6 Å². The summed E-state index contributed by atoms with van der Waals surface area (Å²) >= 11 is 0. The van der Waals surface area contributed by atoms with Crippen LogP contribution in [0.4, 0.5) is 5.69 Å². The third-order valence-corrected chi connectivity index (χ3v) is 3.63. The molecule has 5 heteroatoms. The number of rotatable bonds is 5. The lowest BCUT2D eigenvalue weighted by Crippen LogP contribution is -2.35. The molecule has 1 aromatic carbocycles. The van der Waals surface area contributed by atoms with E-state index in [1.165, 1.54) is 12.5 Å². The number of piperidine rings is 1. The summed E-state index contributed by atoms with van der Waals surface area (Å²) in [6, 6.07) is 7.07. The Morgan fingerprint density at radius 2 is 1.82 bits per heavy atom. The average Bonchev–Trinajstić information content (AvgIpc) is 2.56. The van der Waals surface area contributed by atoms with Gasteiger partial charge in [0.05, 0.1) is 0 Å². The van der Waals surface area contributed by atoms with Crippen LogP contribution in [0.3, 0.4) is 0 Å². The van der Waals surface area contributed by atoms with Crippen molar-refractivity contribution >= 4 is 17.5 Å². The van der Waals surface area contributed by atoms with Gasteiger partial charge >= 0.3 is 0 Å². The molecule has 0 aromatic heterocycles. The predicted molar refractivity (Wildman–Crippen MR) is 87.9 cm³/mol. The minimum Gasteiger partial charge on any atom is -0.339 e. The van der Waals surface area contributed by atoms with E-state index in [0.29, 0.717) is 17.8 Å². The SMILES string of the molecule is CNC/C=C/C(=O)Nc1ccc(C(=O)N2CCCCC2)cc1. The molecule has 0 unspecified atom stereocenters. The topological polar surface area (TPSA) is 61.4 Å². The third-order valence-electron chi connectivity index (χ3n) is 3.63. The highest BCUT2D eigenvalue weighted by molar-refractivity contribution is 6.00. The normalized spacial score (nSPS) is 15.0. The first-order valence-electron chi connectivity index (χ1n) is 7.72. The number of hydrogen-bond donors (Lipinski definition) is 2. The van der Waals surface area contributed by atoms with Crippen LogP contribution in [-0.4, -0.2) is 43.4 Å². The first kappa shape index (κ1) is 16.2. The summed E-state index contributed by atoms with van der Waals surface area (Å²) in [6.45, 7) is 2.33. The summed E-state index contributed by atoms with van der Waals surface area (Å²) in [5.41, 5.74) is 1.36. The molecule has 2 amide bonds. The molecule has 1 aliphatic heterocycles. The van der Waals surface area contributed by atoms with Gasteiger partial charge in [0.15, 0.2) is 0 Å². The lowest BCUT2D eigenvalue weighted by Gasteiger charge is -2.26. The largest absolute Gasteiger partial charge is 0.339 e. The van der Waals surface area contributed by atoms with Crippen LogP contribution in [0.2, 0.25) is 0 Å². The molecule has 1 heterocycles. The fraction of sp³-hybridized carbons (Fsp3) is 0.412. The van der Waals surface area contributed by atoms with E-state index in [0.717, 1.165) is 25.9 Å². The van der Waals surface area contributed by atoms with Crippen molar-refractivity contribution in [2.75, 3.05) is 32.0 Å². The number of nitrogens with zero attached hydrogens (tertiary/aromatic N) is 1. The maximum absolute atomic E-state index is 12.3. The fourth-order valence-electron chi connectivity index (χ4n) is 2.44. The van der Waals surface area contributed by atoms with E-state index in [2.05, 4.69) is 10.6 Å². The standard InChI is InChI=1S/C17H23N3O2/c1-18-11-5-6-16(21)19-15-9-7-14(8-10-15)17(22)20-12-3-2-4-13-20/h5-10,18H,2-4,11-13H2,1H3,(H,19,21)/b6-5+. The van der Waals surface area contributed by atoms with Crippen molar-refractivity contribution in [3.8, 4) is 0 Å². The quantitative estimate of drug-likeness (QED) is 0.818.